The molecule has 0 radical (unpaired) electrons. The lowest BCUT2D eigenvalue weighted by molar-refractivity contribution is -0.140. The summed E-state index contributed by atoms with van der Waals surface area (Å²) in [5.41, 5.74) is 0.552. The molecule has 2 bridgehead atoms. The van der Waals surface area contributed by atoms with Crippen molar-refractivity contribution in [3.05, 3.63) is 34.9 Å². The molecule has 2 aliphatic carbocycles. The molecule has 1 aromatic rings. The van der Waals surface area contributed by atoms with Gasteiger partial charge in [0.05, 0.1) is 29.7 Å². The Balaban J connectivity index is 1.57. The van der Waals surface area contributed by atoms with Gasteiger partial charge in [-0.15, -0.1) is 0 Å². The maximum Gasteiger partial charge on any atom is 0.254 e. The number of imide groups is 1. The number of nitrogens with zero attached hydrogens (tertiary/aromatic N) is 3. The lowest BCUT2D eigenvalue weighted by Crippen LogP contribution is -2.28. The van der Waals surface area contributed by atoms with Crippen LogP contribution in [0.15, 0.2) is 29.4 Å². The Bertz CT molecular complexity index is 906. The highest BCUT2D eigenvalue weighted by Gasteiger charge is 2.59. The largest absolute Gasteiger partial charge is 0.490 e. The quantitative estimate of drug-likeness (QED) is 0.416. The van der Waals surface area contributed by atoms with Crippen LogP contribution in [0, 0.1) is 35.0 Å². The van der Waals surface area contributed by atoms with E-state index in [0.29, 0.717) is 17.9 Å². The fraction of sp³-hybridized carbons (Fsp3) is 0.400. The Hall–Kier alpha value is -2.85. The van der Waals surface area contributed by atoms with E-state index in [4.69, 9.17) is 26.3 Å². The molecule has 8 heteroatoms. The number of hydrogen-bond donors (Lipinski definition) is 0. The Morgan fingerprint density at radius 2 is 1.93 bits per heavy atom. The first kappa shape index (κ1) is 18.5. The van der Waals surface area contributed by atoms with Gasteiger partial charge in [-0.1, -0.05) is 23.8 Å². The third-order valence-electron chi connectivity index (χ3n) is 5.38. The number of allylic oxidation sites excluding steroid dienone is 2. The van der Waals surface area contributed by atoms with Gasteiger partial charge >= 0.3 is 0 Å². The molecule has 4 rings (SSSR count). The van der Waals surface area contributed by atoms with Gasteiger partial charge in [0.2, 0.25) is 0 Å². The molecule has 1 aliphatic heterocycles. The summed E-state index contributed by atoms with van der Waals surface area (Å²) in [7, 11) is 0. The number of hydrazone groups is 1. The number of rotatable bonds is 6. The minimum absolute atomic E-state index is 0.141. The van der Waals surface area contributed by atoms with E-state index in [2.05, 4.69) is 5.10 Å². The molecule has 1 heterocycles. The first-order chi connectivity index (χ1) is 13.5. The second-order valence-electron chi connectivity index (χ2n) is 6.94. The van der Waals surface area contributed by atoms with Gasteiger partial charge in [0.15, 0.2) is 18.1 Å². The summed E-state index contributed by atoms with van der Waals surface area (Å²) in [5.74, 6) is -0.142. The Morgan fingerprint density at radius 3 is 2.54 bits per heavy atom. The van der Waals surface area contributed by atoms with Crippen molar-refractivity contribution >= 4 is 29.6 Å². The number of benzene rings is 1. The lowest BCUT2D eigenvalue weighted by Gasteiger charge is -2.13. The summed E-state index contributed by atoms with van der Waals surface area (Å²) >= 11 is 6.25. The first-order valence-corrected chi connectivity index (χ1v) is 9.49. The molecular weight excluding hydrogens is 382 g/mol. The van der Waals surface area contributed by atoms with Crippen molar-refractivity contribution in [2.75, 3.05) is 13.2 Å². The van der Waals surface area contributed by atoms with Crippen molar-refractivity contribution in [1.82, 2.24) is 5.01 Å². The molecule has 1 saturated carbocycles. The van der Waals surface area contributed by atoms with E-state index in [0.717, 1.165) is 11.4 Å². The van der Waals surface area contributed by atoms with E-state index in [1.54, 1.807) is 12.1 Å². The van der Waals surface area contributed by atoms with Gasteiger partial charge in [-0.3, -0.25) is 9.59 Å². The molecule has 0 spiro atoms. The number of amides is 2. The van der Waals surface area contributed by atoms with Crippen molar-refractivity contribution in [2.24, 2.45) is 28.8 Å². The Kier molecular flexibility index (Phi) is 4.82. The highest BCUT2D eigenvalue weighted by molar-refractivity contribution is 6.32. The van der Waals surface area contributed by atoms with Crippen LogP contribution < -0.4 is 9.47 Å². The van der Waals surface area contributed by atoms with Crippen molar-refractivity contribution in [1.29, 1.82) is 5.26 Å². The van der Waals surface area contributed by atoms with Crippen LogP contribution in [0.1, 0.15) is 18.9 Å². The molecular formula is C20H18ClN3O4. The van der Waals surface area contributed by atoms with E-state index in [-0.39, 0.29) is 52.9 Å². The highest BCUT2D eigenvalue weighted by atomic mass is 35.5. The fourth-order valence-corrected chi connectivity index (χ4v) is 4.57. The van der Waals surface area contributed by atoms with Crippen LogP contribution in [-0.4, -0.2) is 36.3 Å². The van der Waals surface area contributed by atoms with Gasteiger partial charge in [0.1, 0.15) is 6.07 Å². The SMILES string of the molecule is CCOc1cc(C=NN2C(=O)[C@@H]3[C@H](C2=O)[C@H]2C=C[C@H]3C2)cc(Cl)c1OCC#N. The van der Waals surface area contributed by atoms with Crippen LogP contribution >= 0.6 is 11.6 Å². The van der Waals surface area contributed by atoms with Gasteiger partial charge in [-0.2, -0.15) is 15.4 Å². The summed E-state index contributed by atoms with van der Waals surface area (Å²) < 4.78 is 10.9. The lowest BCUT2D eigenvalue weighted by atomic mass is 9.85. The second-order valence-corrected chi connectivity index (χ2v) is 7.35. The van der Waals surface area contributed by atoms with E-state index in [1.165, 1.54) is 6.21 Å². The molecule has 0 N–H and O–H groups in total. The average Bonchev–Trinajstić information content (AvgIpc) is 3.34. The standard InChI is InChI=1S/C20H18ClN3O4/c1-2-27-15-8-11(7-14(21)18(15)28-6-5-22)10-23-24-19(25)16-12-3-4-13(9-12)17(16)20(24)26/h3-4,7-8,10,12-13,16-17H,2,6,9H2,1H3/t12-,13-,16-,17+/m0/s1. The molecule has 7 nitrogen and oxygen atoms in total. The number of ether oxygens (including phenoxy) is 2. The van der Waals surface area contributed by atoms with Crippen LogP contribution in [0.4, 0.5) is 0 Å². The first-order valence-electron chi connectivity index (χ1n) is 9.11. The molecule has 2 fully saturated rings. The predicted molar refractivity (Wildman–Crippen MR) is 101 cm³/mol. The summed E-state index contributed by atoms with van der Waals surface area (Å²) in [4.78, 5) is 25.3. The second kappa shape index (κ2) is 7.28. The fourth-order valence-electron chi connectivity index (χ4n) is 4.29. The Labute approximate surface area is 167 Å². The molecule has 0 aromatic heterocycles. The van der Waals surface area contributed by atoms with Gasteiger partial charge in [0, 0.05) is 0 Å². The zero-order valence-corrected chi connectivity index (χ0v) is 15.9. The highest BCUT2D eigenvalue weighted by Crippen LogP contribution is 2.52. The van der Waals surface area contributed by atoms with Gasteiger partial charge < -0.3 is 9.47 Å². The van der Waals surface area contributed by atoms with Crippen molar-refractivity contribution in [3.8, 4) is 17.6 Å². The topological polar surface area (TPSA) is 92.0 Å². The normalized spacial score (nSPS) is 27.5. The zero-order chi connectivity index (χ0) is 19.8. The van der Waals surface area contributed by atoms with Crippen LogP contribution in [-0.2, 0) is 9.59 Å². The molecule has 28 heavy (non-hydrogen) atoms. The van der Waals surface area contributed by atoms with Crippen molar-refractivity contribution in [3.63, 3.8) is 0 Å². The summed E-state index contributed by atoms with van der Waals surface area (Å²) in [6.45, 7) is 2.02. The van der Waals surface area contributed by atoms with Crippen LogP contribution in [0.3, 0.4) is 0 Å². The van der Waals surface area contributed by atoms with Crippen LogP contribution in [0.25, 0.3) is 0 Å². The van der Waals surface area contributed by atoms with E-state index in [1.807, 2.05) is 25.1 Å². The maximum absolute atomic E-state index is 12.7. The molecule has 4 atom stereocenters. The molecule has 2 amide bonds. The third-order valence-corrected chi connectivity index (χ3v) is 5.66. The predicted octanol–water partition coefficient (Wildman–Crippen LogP) is 2.78. The van der Waals surface area contributed by atoms with Crippen molar-refractivity contribution in [2.45, 2.75) is 13.3 Å². The van der Waals surface area contributed by atoms with E-state index >= 15 is 0 Å². The van der Waals surface area contributed by atoms with E-state index < -0.39 is 0 Å². The third kappa shape index (κ3) is 2.94. The van der Waals surface area contributed by atoms with Crippen LogP contribution in [0.2, 0.25) is 5.02 Å². The number of fused-ring (bicyclic) bond motifs is 5. The van der Waals surface area contributed by atoms with Crippen LogP contribution in [0.5, 0.6) is 11.5 Å². The monoisotopic (exact) mass is 399 g/mol. The van der Waals surface area contributed by atoms with Gasteiger partial charge in [-0.05, 0) is 42.9 Å². The smallest absolute Gasteiger partial charge is 0.254 e. The molecule has 1 aromatic carbocycles. The van der Waals surface area contributed by atoms with Gasteiger partial charge in [-0.25, -0.2) is 0 Å². The van der Waals surface area contributed by atoms with Gasteiger partial charge in [0.25, 0.3) is 11.8 Å². The summed E-state index contributed by atoms with van der Waals surface area (Å²) in [6, 6.07) is 5.10. The number of carbonyl (C=O) groups excluding carboxylic acids is 2. The summed E-state index contributed by atoms with van der Waals surface area (Å²) in [6.07, 6.45) is 6.37. The van der Waals surface area contributed by atoms with E-state index in [9.17, 15) is 9.59 Å². The molecule has 1 saturated heterocycles. The minimum Gasteiger partial charge on any atom is -0.490 e. The number of carbonyl (C=O) groups is 2. The molecule has 0 unspecified atom stereocenters. The number of halogens is 1. The molecule has 3 aliphatic rings. The summed E-state index contributed by atoms with van der Waals surface area (Å²) in [5, 5.41) is 14.1. The van der Waals surface area contributed by atoms with Crippen molar-refractivity contribution < 1.29 is 19.1 Å². The number of hydrogen-bond acceptors (Lipinski definition) is 6. The number of nitriles is 1. The average molecular weight is 400 g/mol. The Morgan fingerprint density at radius 1 is 1.25 bits per heavy atom. The maximum atomic E-state index is 12.7. The zero-order valence-electron chi connectivity index (χ0n) is 15.2. The molecule has 144 valence electrons. The minimum atomic E-state index is -0.288.